The van der Waals surface area contributed by atoms with E-state index >= 15 is 0 Å². The van der Waals surface area contributed by atoms with Crippen LogP contribution in [0.3, 0.4) is 0 Å². The van der Waals surface area contributed by atoms with Gasteiger partial charge < -0.3 is 5.32 Å². The van der Waals surface area contributed by atoms with E-state index in [4.69, 9.17) is 0 Å². The summed E-state index contributed by atoms with van der Waals surface area (Å²) < 4.78 is 14.1. The molecule has 2 rings (SSSR count). The van der Waals surface area contributed by atoms with Crippen LogP contribution < -0.4 is 5.32 Å². The van der Waals surface area contributed by atoms with Gasteiger partial charge in [0.25, 0.3) is 0 Å². The molecule has 2 aromatic heterocycles. The molecule has 0 amide bonds. The molecule has 0 aliphatic rings. The Morgan fingerprint density at radius 1 is 1.17 bits per heavy atom. The highest BCUT2D eigenvalue weighted by molar-refractivity contribution is 9.10. The molecule has 1 N–H and O–H groups in total. The predicted molar refractivity (Wildman–Crippen MR) is 71.7 cm³/mol. The Morgan fingerprint density at radius 3 is 2.44 bits per heavy atom. The lowest BCUT2D eigenvalue weighted by molar-refractivity contribution is 0.595. The average molecular weight is 310 g/mol. The first kappa shape index (κ1) is 13.1. The number of nitrogens with one attached hydrogen (secondary N) is 1. The van der Waals surface area contributed by atoms with Gasteiger partial charge in [-0.05, 0) is 45.7 Å². The van der Waals surface area contributed by atoms with Crippen LogP contribution in [-0.2, 0) is 0 Å². The Balaban J connectivity index is 2.39. The monoisotopic (exact) mass is 309 g/mol. The minimum Gasteiger partial charge on any atom is -0.306 e. The second-order valence-electron chi connectivity index (χ2n) is 3.86. The second kappa shape index (κ2) is 6.02. The molecule has 0 saturated carbocycles. The molecule has 0 bridgehead atoms. The van der Waals surface area contributed by atoms with E-state index in [1.54, 1.807) is 18.6 Å². The van der Waals surface area contributed by atoms with Crippen LogP contribution in [0.25, 0.3) is 0 Å². The fourth-order valence-electron chi connectivity index (χ4n) is 1.80. The summed E-state index contributed by atoms with van der Waals surface area (Å²) in [5, 5.41) is 3.30. The number of pyridine rings is 2. The van der Waals surface area contributed by atoms with Crippen molar-refractivity contribution in [2.75, 3.05) is 6.54 Å². The first-order chi connectivity index (χ1) is 8.70. The molecule has 3 nitrogen and oxygen atoms in total. The zero-order valence-corrected chi connectivity index (χ0v) is 11.5. The van der Waals surface area contributed by atoms with Crippen LogP contribution in [0.2, 0.25) is 0 Å². The van der Waals surface area contributed by atoms with E-state index in [1.807, 2.05) is 13.0 Å². The molecular weight excluding hydrogens is 297 g/mol. The van der Waals surface area contributed by atoms with Crippen LogP contribution in [-0.4, -0.2) is 16.5 Å². The molecule has 0 fully saturated rings. The molecule has 1 unspecified atom stereocenters. The van der Waals surface area contributed by atoms with Gasteiger partial charge in [-0.25, -0.2) is 4.39 Å². The first-order valence-electron chi connectivity index (χ1n) is 5.65. The third kappa shape index (κ3) is 3.11. The number of nitrogens with zero attached hydrogens (tertiary/aromatic N) is 2. The zero-order chi connectivity index (χ0) is 13.0. The van der Waals surface area contributed by atoms with Gasteiger partial charge in [0, 0.05) is 23.1 Å². The lowest BCUT2D eigenvalue weighted by atomic mass is 10.0. The Hall–Kier alpha value is -1.33. The van der Waals surface area contributed by atoms with Crippen LogP contribution in [0.15, 0.2) is 41.4 Å². The van der Waals surface area contributed by atoms with Gasteiger partial charge in [-0.3, -0.25) is 9.97 Å². The summed E-state index contributed by atoms with van der Waals surface area (Å²) in [5.41, 5.74) is 1.76. The van der Waals surface area contributed by atoms with E-state index in [0.29, 0.717) is 0 Å². The van der Waals surface area contributed by atoms with Crippen LogP contribution in [0.5, 0.6) is 0 Å². The van der Waals surface area contributed by atoms with Gasteiger partial charge in [-0.1, -0.05) is 6.92 Å². The summed E-state index contributed by atoms with van der Waals surface area (Å²) in [6.07, 6.45) is 6.35. The van der Waals surface area contributed by atoms with Crippen LogP contribution in [0.1, 0.15) is 24.1 Å². The van der Waals surface area contributed by atoms with Crippen molar-refractivity contribution in [3.8, 4) is 0 Å². The SMILES string of the molecule is CCNC(c1cncc(F)c1)c1cncc(Br)c1. The highest BCUT2D eigenvalue weighted by Crippen LogP contribution is 2.23. The third-order valence-electron chi connectivity index (χ3n) is 2.53. The lowest BCUT2D eigenvalue weighted by Gasteiger charge is -2.18. The van der Waals surface area contributed by atoms with E-state index < -0.39 is 0 Å². The fraction of sp³-hybridized carbons (Fsp3) is 0.231. The number of rotatable bonds is 4. The number of aromatic nitrogens is 2. The Kier molecular flexibility index (Phi) is 4.38. The predicted octanol–water partition coefficient (Wildman–Crippen LogP) is 3.08. The van der Waals surface area contributed by atoms with Gasteiger partial charge in [0.2, 0.25) is 0 Å². The van der Waals surface area contributed by atoms with E-state index in [1.165, 1.54) is 12.3 Å². The molecule has 0 radical (unpaired) electrons. The maximum absolute atomic E-state index is 13.2. The normalized spacial score (nSPS) is 12.4. The summed E-state index contributed by atoms with van der Waals surface area (Å²) in [6.45, 7) is 2.78. The standard InChI is InChI=1S/C13H13BrFN3/c1-2-18-13(9-3-11(14)7-16-5-9)10-4-12(15)8-17-6-10/h3-8,13,18H,2H2,1H3. The molecule has 0 aliphatic carbocycles. The summed E-state index contributed by atoms with van der Waals surface area (Å²) in [5.74, 6) is -0.335. The molecule has 2 heterocycles. The Bertz CT molecular complexity index is 488. The van der Waals surface area contributed by atoms with Crippen molar-refractivity contribution in [1.29, 1.82) is 0 Å². The van der Waals surface area contributed by atoms with E-state index in [2.05, 4.69) is 31.2 Å². The smallest absolute Gasteiger partial charge is 0.141 e. The van der Waals surface area contributed by atoms with E-state index in [0.717, 1.165) is 22.1 Å². The van der Waals surface area contributed by atoms with E-state index in [9.17, 15) is 4.39 Å². The van der Waals surface area contributed by atoms with Crippen molar-refractivity contribution in [2.24, 2.45) is 0 Å². The van der Waals surface area contributed by atoms with Crippen molar-refractivity contribution in [1.82, 2.24) is 15.3 Å². The second-order valence-corrected chi connectivity index (χ2v) is 4.78. The molecule has 0 aromatic carbocycles. The molecular formula is C13H13BrFN3. The van der Waals surface area contributed by atoms with Crippen molar-refractivity contribution < 1.29 is 4.39 Å². The topological polar surface area (TPSA) is 37.8 Å². The molecule has 18 heavy (non-hydrogen) atoms. The highest BCUT2D eigenvalue weighted by Gasteiger charge is 2.14. The van der Waals surface area contributed by atoms with Crippen LogP contribution in [0, 0.1) is 5.82 Å². The molecule has 1 atom stereocenters. The van der Waals surface area contributed by atoms with Crippen molar-refractivity contribution in [2.45, 2.75) is 13.0 Å². The van der Waals surface area contributed by atoms with Gasteiger partial charge >= 0.3 is 0 Å². The summed E-state index contributed by atoms with van der Waals surface area (Å²) in [4.78, 5) is 8.02. The minimum atomic E-state index is -0.335. The number of halogens is 2. The number of hydrogen-bond acceptors (Lipinski definition) is 3. The fourth-order valence-corrected chi connectivity index (χ4v) is 2.19. The van der Waals surface area contributed by atoms with Crippen molar-refractivity contribution in [3.63, 3.8) is 0 Å². The Labute approximate surface area is 114 Å². The average Bonchev–Trinajstić information content (AvgIpc) is 2.36. The third-order valence-corrected chi connectivity index (χ3v) is 2.96. The molecule has 5 heteroatoms. The van der Waals surface area contributed by atoms with Gasteiger partial charge in [-0.15, -0.1) is 0 Å². The molecule has 0 aliphatic heterocycles. The molecule has 94 valence electrons. The quantitative estimate of drug-likeness (QED) is 0.943. The first-order valence-corrected chi connectivity index (χ1v) is 6.44. The Morgan fingerprint density at radius 2 is 1.83 bits per heavy atom. The summed E-state index contributed by atoms with van der Waals surface area (Å²) in [6, 6.07) is 3.34. The van der Waals surface area contributed by atoms with Crippen LogP contribution >= 0.6 is 15.9 Å². The summed E-state index contributed by atoms with van der Waals surface area (Å²) >= 11 is 3.39. The van der Waals surface area contributed by atoms with Gasteiger partial charge in [-0.2, -0.15) is 0 Å². The number of hydrogen-bond donors (Lipinski definition) is 1. The lowest BCUT2D eigenvalue weighted by Crippen LogP contribution is -2.22. The summed E-state index contributed by atoms with van der Waals surface area (Å²) in [7, 11) is 0. The van der Waals surface area contributed by atoms with Gasteiger partial charge in [0.1, 0.15) is 5.82 Å². The van der Waals surface area contributed by atoms with Crippen LogP contribution in [0.4, 0.5) is 4.39 Å². The highest BCUT2D eigenvalue weighted by atomic mass is 79.9. The largest absolute Gasteiger partial charge is 0.306 e. The zero-order valence-electron chi connectivity index (χ0n) is 9.90. The van der Waals surface area contributed by atoms with Crippen molar-refractivity contribution in [3.05, 3.63) is 58.3 Å². The van der Waals surface area contributed by atoms with E-state index in [-0.39, 0.29) is 11.9 Å². The molecule has 0 spiro atoms. The van der Waals surface area contributed by atoms with Gasteiger partial charge in [0.15, 0.2) is 0 Å². The maximum atomic E-state index is 13.2. The minimum absolute atomic E-state index is 0.108. The van der Waals surface area contributed by atoms with Crippen molar-refractivity contribution >= 4 is 15.9 Å². The van der Waals surface area contributed by atoms with Gasteiger partial charge in [0.05, 0.1) is 12.2 Å². The maximum Gasteiger partial charge on any atom is 0.141 e. The molecule has 2 aromatic rings. The molecule has 0 saturated heterocycles.